The van der Waals surface area contributed by atoms with E-state index in [-0.39, 0.29) is 0 Å². The fourth-order valence-electron chi connectivity index (χ4n) is 1.68. The Labute approximate surface area is 105 Å². The molecule has 2 aromatic heterocycles. The standard InChI is InChI=1S/C12H16N4S/c1-4-9-8(3)11(13-5-2)16-12(15-9)10-6-17-7-14-10/h6-7H,4-5H2,1-3H3,(H,13,15,16). The van der Waals surface area contributed by atoms with Crippen molar-refractivity contribution in [1.82, 2.24) is 15.0 Å². The number of rotatable bonds is 4. The maximum absolute atomic E-state index is 4.57. The maximum Gasteiger partial charge on any atom is 0.181 e. The number of aryl methyl sites for hydroxylation is 1. The number of anilines is 1. The van der Waals surface area contributed by atoms with E-state index in [2.05, 4.69) is 41.0 Å². The second kappa shape index (κ2) is 5.23. The van der Waals surface area contributed by atoms with Gasteiger partial charge in [0, 0.05) is 23.2 Å². The van der Waals surface area contributed by atoms with Crippen LogP contribution in [0.5, 0.6) is 0 Å². The largest absolute Gasteiger partial charge is 0.370 e. The summed E-state index contributed by atoms with van der Waals surface area (Å²) in [5, 5.41) is 5.25. The molecule has 2 heterocycles. The minimum atomic E-state index is 0.713. The molecule has 4 nitrogen and oxygen atoms in total. The Hall–Kier alpha value is -1.49. The lowest BCUT2D eigenvalue weighted by Crippen LogP contribution is -2.07. The van der Waals surface area contributed by atoms with Crippen LogP contribution in [0.4, 0.5) is 5.82 Å². The van der Waals surface area contributed by atoms with Crippen LogP contribution in [0.15, 0.2) is 10.9 Å². The molecule has 2 aromatic rings. The maximum atomic E-state index is 4.57. The average Bonchev–Trinajstić information content (AvgIpc) is 2.85. The SMILES string of the molecule is CCNc1nc(-c2cscn2)nc(CC)c1C. The quantitative estimate of drug-likeness (QED) is 0.904. The van der Waals surface area contributed by atoms with Crippen molar-refractivity contribution in [3.05, 3.63) is 22.1 Å². The summed E-state index contributed by atoms with van der Waals surface area (Å²) in [4.78, 5) is 13.4. The Kier molecular flexibility index (Phi) is 3.68. The van der Waals surface area contributed by atoms with E-state index in [0.29, 0.717) is 5.82 Å². The van der Waals surface area contributed by atoms with Gasteiger partial charge in [0.15, 0.2) is 5.82 Å². The van der Waals surface area contributed by atoms with Gasteiger partial charge in [0.05, 0.1) is 5.51 Å². The molecule has 0 fully saturated rings. The van der Waals surface area contributed by atoms with Gasteiger partial charge in [-0.2, -0.15) is 0 Å². The summed E-state index contributed by atoms with van der Waals surface area (Å²) in [5.41, 5.74) is 4.87. The minimum Gasteiger partial charge on any atom is -0.370 e. The number of nitrogens with one attached hydrogen (secondary N) is 1. The second-order valence-electron chi connectivity index (χ2n) is 3.73. The highest BCUT2D eigenvalue weighted by Gasteiger charge is 2.11. The zero-order chi connectivity index (χ0) is 12.3. The molecule has 0 radical (unpaired) electrons. The smallest absolute Gasteiger partial charge is 0.181 e. The van der Waals surface area contributed by atoms with Crippen molar-refractivity contribution < 1.29 is 0 Å². The predicted molar refractivity (Wildman–Crippen MR) is 71.4 cm³/mol. The topological polar surface area (TPSA) is 50.7 Å². The summed E-state index contributed by atoms with van der Waals surface area (Å²) in [6, 6.07) is 0. The first-order valence-corrected chi connectivity index (χ1v) is 6.70. The molecular formula is C12H16N4S. The Morgan fingerprint density at radius 1 is 1.29 bits per heavy atom. The Morgan fingerprint density at radius 2 is 2.12 bits per heavy atom. The zero-order valence-corrected chi connectivity index (χ0v) is 11.1. The van der Waals surface area contributed by atoms with Gasteiger partial charge in [0.25, 0.3) is 0 Å². The van der Waals surface area contributed by atoms with Crippen LogP contribution >= 0.6 is 11.3 Å². The molecule has 0 saturated heterocycles. The van der Waals surface area contributed by atoms with Crippen molar-refractivity contribution >= 4 is 17.2 Å². The Morgan fingerprint density at radius 3 is 2.71 bits per heavy atom. The summed E-state index contributed by atoms with van der Waals surface area (Å²) >= 11 is 1.56. The van der Waals surface area contributed by atoms with Crippen LogP contribution in [0.25, 0.3) is 11.5 Å². The number of thiazole rings is 1. The number of hydrogen-bond donors (Lipinski definition) is 1. The van der Waals surface area contributed by atoms with E-state index < -0.39 is 0 Å². The van der Waals surface area contributed by atoms with Gasteiger partial charge in [0.1, 0.15) is 11.5 Å². The molecule has 0 atom stereocenters. The van der Waals surface area contributed by atoms with Crippen LogP contribution in [0.3, 0.4) is 0 Å². The van der Waals surface area contributed by atoms with Crippen molar-refractivity contribution in [2.75, 3.05) is 11.9 Å². The first-order valence-electron chi connectivity index (χ1n) is 5.76. The first-order chi connectivity index (χ1) is 8.26. The van der Waals surface area contributed by atoms with E-state index in [1.54, 1.807) is 16.8 Å². The number of hydrogen-bond acceptors (Lipinski definition) is 5. The van der Waals surface area contributed by atoms with Gasteiger partial charge >= 0.3 is 0 Å². The van der Waals surface area contributed by atoms with Crippen molar-refractivity contribution in [1.29, 1.82) is 0 Å². The molecule has 0 aliphatic carbocycles. The van der Waals surface area contributed by atoms with Gasteiger partial charge in [0.2, 0.25) is 0 Å². The lowest BCUT2D eigenvalue weighted by Gasteiger charge is -2.11. The molecule has 0 spiro atoms. The molecule has 0 saturated carbocycles. The van der Waals surface area contributed by atoms with Crippen LogP contribution in [0, 0.1) is 6.92 Å². The van der Waals surface area contributed by atoms with E-state index in [1.807, 2.05) is 5.38 Å². The van der Waals surface area contributed by atoms with Crippen molar-refractivity contribution in [2.45, 2.75) is 27.2 Å². The molecule has 17 heavy (non-hydrogen) atoms. The van der Waals surface area contributed by atoms with Crippen LogP contribution in [0.1, 0.15) is 25.1 Å². The number of nitrogens with zero attached hydrogens (tertiary/aromatic N) is 3. The molecule has 0 aliphatic heterocycles. The van der Waals surface area contributed by atoms with Gasteiger partial charge < -0.3 is 5.32 Å². The fourth-order valence-corrected chi connectivity index (χ4v) is 2.21. The molecule has 5 heteroatoms. The summed E-state index contributed by atoms with van der Waals surface area (Å²) in [6.45, 7) is 7.09. The van der Waals surface area contributed by atoms with Crippen molar-refractivity contribution in [2.24, 2.45) is 0 Å². The van der Waals surface area contributed by atoms with Gasteiger partial charge in [-0.15, -0.1) is 11.3 Å². The fraction of sp³-hybridized carbons (Fsp3) is 0.417. The minimum absolute atomic E-state index is 0.713. The number of aromatic nitrogens is 3. The highest BCUT2D eigenvalue weighted by atomic mass is 32.1. The molecule has 2 rings (SSSR count). The lowest BCUT2D eigenvalue weighted by molar-refractivity contribution is 0.966. The molecule has 0 unspecified atom stereocenters. The molecule has 0 amide bonds. The Bertz CT molecular complexity index is 493. The molecule has 0 bridgehead atoms. The predicted octanol–water partition coefficient (Wildman–Crippen LogP) is 2.90. The molecule has 0 aromatic carbocycles. The van der Waals surface area contributed by atoms with Gasteiger partial charge in [-0.3, -0.25) is 0 Å². The molecule has 90 valence electrons. The van der Waals surface area contributed by atoms with Crippen LogP contribution in [0.2, 0.25) is 0 Å². The molecule has 0 aliphatic rings. The monoisotopic (exact) mass is 248 g/mol. The Balaban J connectivity index is 2.50. The summed E-state index contributed by atoms with van der Waals surface area (Å²) in [6.07, 6.45) is 0.907. The highest BCUT2D eigenvalue weighted by molar-refractivity contribution is 7.07. The summed E-state index contributed by atoms with van der Waals surface area (Å²) in [5.74, 6) is 1.63. The second-order valence-corrected chi connectivity index (χ2v) is 4.44. The van der Waals surface area contributed by atoms with E-state index in [9.17, 15) is 0 Å². The van der Waals surface area contributed by atoms with Gasteiger partial charge in [-0.1, -0.05) is 6.92 Å². The van der Waals surface area contributed by atoms with Crippen LogP contribution in [-0.2, 0) is 6.42 Å². The van der Waals surface area contributed by atoms with E-state index in [4.69, 9.17) is 0 Å². The van der Waals surface area contributed by atoms with Crippen molar-refractivity contribution in [3.63, 3.8) is 0 Å². The third kappa shape index (κ3) is 2.44. The van der Waals surface area contributed by atoms with E-state index in [0.717, 1.165) is 35.7 Å². The summed E-state index contributed by atoms with van der Waals surface area (Å²) < 4.78 is 0. The van der Waals surface area contributed by atoms with Gasteiger partial charge in [-0.05, 0) is 20.3 Å². The van der Waals surface area contributed by atoms with Crippen LogP contribution in [-0.4, -0.2) is 21.5 Å². The zero-order valence-electron chi connectivity index (χ0n) is 10.3. The third-order valence-electron chi connectivity index (χ3n) is 2.59. The van der Waals surface area contributed by atoms with E-state index in [1.165, 1.54) is 0 Å². The lowest BCUT2D eigenvalue weighted by atomic mass is 10.2. The molecule has 1 N–H and O–H groups in total. The molecular weight excluding hydrogens is 232 g/mol. The van der Waals surface area contributed by atoms with Gasteiger partial charge in [-0.25, -0.2) is 15.0 Å². The van der Waals surface area contributed by atoms with Crippen LogP contribution < -0.4 is 5.32 Å². The summed E-state index contributed by atoms with van der Waals surface area (Å²) in [7, 11) is 0. The normalized spacial score (nSPS) is 10.5. The van der Waals surface area contributed by atoms with E-state index >= 15 is 0 Å². The first kappa shape index (κ1) is 12.0. The third-order valence-corrected chi connectivity index (χ3v) is 3.17. The van der Waals surface area contributed by atoms with Crippen molar-refractivity contribution in [3.8, 4) is 11.5 Å². The highest BCUT2D eigenvalue weighted by Crippen LogP contribution is 2.22. The average molecular weight is 248 g/mol.